The van der Waals surface area contributed by atoms with Gasteiger partial charge in [-0.05, 0) is 62.2 Å². The van der Waals surface area contributed by atoms with E-state index in [2.05, 4.69) is 21.8 Å². The van der Waals surface area contributed by atoms with Crippen molar-refractivity contribution in [1.29, 1.82) is 0 Å². The van der Waals surface area contributed by atoms with Gasteiger partial charge in [0.1, 0.15) is 5.82 Å². The molecule has 0 spiro atoms. The van der Waals surface area contributed by atoms with Gasteiger partial charge in [0.15, 0.2) is 0 Å². The lowest BCUT2D eigenvalue weighted by atomic mass is 10.0. The average Bonchev–Trinajstić information content (AvgIpc) is 2.67. The molecule has 0 bridgehead atoms. The summed E-state index contributed by atoms with van der Waals surface area (Å²) in [6, 6.07) is 15.2. The number of likely N-dealkylation sites (tertiary alicyclic amines) is 1. The molecule has 2 aromatic carbocycles. The molecule has 1 fully saturated rings. The molecule has 1 aliphatic heterocycles. The first-order valence-electron chi connectivity index (χ1n) is 9.08. The van der Waals surface area contributed by atoms with Gasteiger partial charge in [0.2, 0.25) is 10.0 Å². The van der Waals surface area contributed by atoms with E-state index < -0.39 is 15.8 Å². The molecule has 1 saturated heterocycles. The molecule has 4 nitrogen and oxygen atoms in total. The quantitative estimate of drug-likeness (QED) is 0.807. The van der Waals surface area contributed by atoms with Crippen LogP contribution in [0.4, 0.5) is 4.39 Å². The van der Waals surface area contributed by atoms with Crippen LogP contribution in [0.3, 0.4) is 0 Å². The SMILES string of the molecule is O=S(=O)(NCC(Cc1ccccc1)N1CCCCC1)c1ccc(F)cc1. The van der Waals surface area contributed by atoms with Crippen LogP contribution in [-0.4, -0.2) is 39.0 Å². The maximum atomic E-state index is 13.1. The number of sulfonamides is 1. The lowest BCUT2D eigenvalue weighted by Gasteiger charge is -2.34. The minimum absolute atomic E-state index is 0.0935. The summed E-state index contributed by atoms with van der Waals surface area (Å²) >= 11 is 0. The van der Waals surface area contributed by atoms with Crippen molar-refractivity contribution in [2.45, 2.75) is 36.6 Å². The number of nitrogens with zero attached hydrogens (tertiary/aromatic N) is 1. The lowest BCUT2D eigenvalue weighted by Crippen LogP contribution is -2.47. The molecule has 1 atom stereocenters. The number of hydrogen-bond acceptors (Lipinski definition) is 3. The summed E-state index contributed by atoms with van der Waals surface area (Å²) in [5.74, 6) is -0.445. The first-order chi connectivity index (χ1) is 12.5. The largest absolute Gasteiger partial charge is 0.299 e. The molecule has 1 heterocycles. The average molecular weight is 376 g/mol. The van der Waals surface area contributed by atoms with E-state index in [4.69, 9.17) is 0 Å². The number of piperidine rings is 1. The van der Waals surface area contributed by atoms with Crippen molar-refractivity contribution >= 4 is 10.0 Å². The van der Waals surface area contributed by atoms with Gasteiger partial charge < -0.3 is 0 Å². The van der Waals surface area contributed by atoms with E-state index in [-0.39, 0.29) is 10.9 Å². The van der Waals surface area contributed by atoms with Crippen molar-refractivity contribution in [1.82, 2.24) is 9.62 Å². The Bertz CT molecular complexity index is 788. The first kappa shape index (κ1) is 19.0. The topological polar surface area (TPSA) is 49.4 Å². The number of benzene rings is 2. The smallest absolute Gasteiger partial charge is 0.240 e. The third-order valence-electron chi connectivity index (χ3n) is 4.85. The highest BCUT2D eigenvalue weighted by Crippen LogP contribution is 2.17. The standard InChI is InChI=1S/C20H25FN2O2S/c21-18-9-11-20(12-10-18)26(24,25)22-16-19(23-13-5-2-6-14-23)15-17-7-3-1-4-8-17/h1,3-4,7-12,19,22H,2,5-6,13-16H2. The Morgan fingerprint density at radius 2 is 1.62 bits per heavy atom. The molecule has 0 radical (unpaired) electrons. The van der Waals surface area contributed by atoms with Crippen LogP contribution >= 0.6 is 0 Å². The van der Waals surface area contributed by atoms with E-state index in [0.717, 1.165) is 32.4 Å². The summed E-state index contributed by atoms with van der Waals surface area (Å²) in [6.45, 7) is 2.33. The van der Waals surface area contributed by atoms with E-state index >= 15 is 0 Å². The van der Waals surface area contributed by atoms with Gasteiger partial charge in [-0.2, -0.15) is 0 Å². The number of rotatable bonds is 7. The van der Waals surface area contributed by atoms with E-state index in [0.29, 0.717) is 6.54 Å². The summed E-state index contributed by atoms with van der Waals surface area (Å²) in [7, 11) is -3.65. The second-order valence-corrected chi connectivity index (χ2v) is 8.51. The minimum atomic E-state index is -3.65. The molecule has 3 rings (SSSR count). The van der Waals surface area contributed by atoms with Gasteiger partial charge in [-0.15, -0.1) is 0 Å². The fourth-order valence-electron chi connectivity index (χ4n) is 3.40. The van der Waals surface area contributed by atoms with Crippen molar-refractivity contribution in [3.05, 3.63) is 66.0 Å². The molecular weight excluding hydrogens is 351 g/mol. The van der Waals surface area contributed by atoms with Crippen LogP contribution < -0.4 is 4.72 Å². The van der Waals surface area contributed by atoms with Gasteiger partial charge >= 0.3 is 0 Å². The molecule has 26 heavy (non-hydrogen) atoms. The number of hydrogen-bond donors (Lipinski definition) is 1. The second-order valence-electron chi connectivity index (χ2n) is 6.75. The number of halogens is 1. The molecule has 0 amide bonds. The molecule has 1 unspecified atom stereocenters. The highest BCUT2D eigenvalue weighted by Gasteiger charge is 2.23. The summed E-state index contributed by atoms with van der Waals surface area (Å²) in [6.07, 6.45) is 4.33. The zero-order chi connectivity index (χ0) is 18.4. The van der Waals surface area contributed by atoms with Crippen LogP contribution in [0.1, 0.15) is 24.8 Å². The van der Waals surface area contributed by atoms with Crippen LogP contribution in [0.5, 0.6) is 0 Å². The molecule has 0 aromatic heterocycles. The fraction of sp³-hybridized carbons (Fsp3) is 0.400. The number of nitrogens with one attached hydrogen (secondary N) is 1. The van der Waals surface area contributed by atoms with Crippen LogP contribution in [0.25, 0.3) is 0 Å². The molecule has 0 aliphatic carbocycles. The Morgan fingerprint density at radius 1 is 0.962 bits per heavy atom. The second kappa shape index (κ2) is 8.75. The highest BCUT2D eigenvalue weighted by atomic mass is 32.2. The molecule has 1 aliphatic rings. The lowest BCUT2D eigenvalue weighted by molar-refractivity contribution is 0.163. The Labute approximate surface area is 155 Å². The van der Waals surface area contributed by atoms with Crippen molar-refractivity contribution in [3.8, 4) is 0 Å². The van der Waals surface area contributed by atoms with Crippen molar-refractivity contribution in [3.63, 3.8) is 0 Å². The van der Waals surface area contributed by atoms with Crippen LogP contribution in [0, 0.1) is 5.82 Å². The Balaban J connectivity index is 1.71. The van der Waals surface area contributed by atoms with Gasteiger partial charge in [0.05, 0.1) is 4.90 Å². The van der Waals surface area contributed by atoms with Crippen LogP contribution in [0.2, 0.25) is 0 Å². The molecule has 1 N–H and O–H groups in total. The normalized spacial score (nSPS) is 17.1. The summed E-state index contributed by atoms with van der Waals surface area (Å²) in [4.78, 5) is 2.47. The predicted molar refractivity (Wildman–Crippen MR) is 101 cm³/mol. The first-order valence-corrected chi connectivity index (χ1v) is 10.6. The Morgan fingerprint density at radius 3 is 2.27 bits per heavy atom. The third-order valence-corrected chi connectivity index (χ3v) is 6.29. The van der Waals surface area contributed by atoms with Crippen molar-refractivity contribution < 1.29 is 12.8 Å². The Hall–Kier alpha value is -1.76. The van der Waals surface area contributed by atoms with Gasteiger partial charge in [-0.3, -0.25) is 4.90 Å². The van der Waals surface area contributed by atoms with Crippen LogP contribution in [-0.2, 0) is 16.4 Å². The van der Waals surface area contributed by atoms with Gasteiger partial charge in [0.25, 0.3) is 0 Å². The summed E-state index contributed by atoms with van der Waals surface area (Å²) < 4.78 is 40.8. The van der Waals surface area contributed by atoms with E-state index in [1.807, 2.05) is 18.2 Å². The van der Waals surface area contributed by atoms with Gasteiger partial charge in [0, 0.05) is 12.6 Å². The maximum absolute atomic E-state index is 13.1. The van der Waals surface area contributed by atoms with Crippen LogP contribution in [0.15, 0.2) is 59.5 Å². The fourth-order valence-corrected chi connectivity index (χ4v) is 4.48. The predicted octanol–water partition coefficient (Wildman–Crippen LogP) is 3.20. The summed E-state index contributed by atoms with van der Waals surface area (Å²) in [5.41, 5.74) is 1.20. The van der Waals surface area contributed by atoms with E-state index in [1.54, 1.807) is 0 Å². The van der Waals surface area contributed by atoms with Gasteiger partial charge in [-0.25, -0.2) is 17.5 Å². The molecule has 0 saturated carbocycles. The molecule has 6 heteroatoms. The maximum Gasteiger partial charge on any atom is 0.240 e. The highest BCUT2D eigenvalue weighted by molar-refractivity contribution is 7.89. The van der Waals surface area contributed by atoms with E-state index in [1.165, 1.54) is 36.2 Å². The van der Waals surface area contributed by atoms with Crippen molar-refractivity contribution in [2.75, 3.05) is 19.6 Å². The van der Waals surface area contributed by atoms with Crippen molar-refractivity contribution in [2.24, 2.45) is 0 Å². The Kier molecular flexibility index (Phi) is 6.40. The summed E-state index contributed by atoms with van der Waals surface area (Å²) in [5, 5.41) is 0. The monoisotopic (exact) mass is 376 g/mol. The molecule has 140 valence electrons. The minimum Gasteiger partial charge on any atom is -0.299 e. The zero-order valence-electron chi connectivity index (χ0n) is 14.8. The zero-order valence-corrected chi connectivity index (χ0v) is 15.6. The molecule has 2 aromatic rings. The van der Waals surface area contributed by atoms with Gasteiger partial charge in [-0.1, -0.05) is 36.8 Å². The third kappa shape index (κ3) is 5.13. The van der Waals surface area contributed by atoms with E-state index in [9.17, 15) is 12.8 Å². The molecular formula is C20H25FN2O2S.